The summed E-state index contributed by atoms with van der Waals surface area (Å²) in [4.78, 5) is 24.7. The first-order valence-corrected chi connectivity index (χ1v) is 5.53. The number of rotatable bonds is 3. The molecule has 18 heavy (non-hydrogen) atoms. The van der Waals surface area contributed by atoms with Crippen LogP contribution in [0, 0.1) is 0 Å². The summed E-state index contributed by atoms with van der Waals surface area (Å²) in [5.41, 5.74) is -1.14. The highest BCUT2D eigenvalue weighted by atomic mass is 16.6. The van der Waals surface area contributed by atoms with Crippen molar-refractivity contribution in [3.8, 4) is 0 Å². The molecule has 0 saturated heterocycles. The van der Waals surface area contributed by atoms with E-state index < -0.39 is 23.5 Å². The van der Waals surface area contributed by atoms with Crippen molar-refractivity contribution in [2.24, 2.45) is 0 Å². The first kappa shape index (κ1) is 12.4. The number of aliphatic hydroxyl groups is 1. The molecule has 1 unspecified atom stereocenters. The number of ether oxygens (including phenoxy) is 2. The van der Waals surface area contributed by atoms with Gasteiger partial charge in [0.05, 0.1) is 7.11 Å². The molecule has 2 rings (SSSR count). The lowest BCUT2D eigenvalue weighted by Gasteiger charge is -2.12. The van der Waals surface area contributed by atoms with Crippen molar-refractivity contribution in [2.45, 2.75) is 25.6 Å². The zero-order chi connectivity index (χ0) is 13.3. The van der Waals surface area contributed by atoms with Crippen LogP contribution in [0.1, 0.15) is 13.3 Å². The van der Waals surface area contributed by atoms with Gasteiger partial charge in [-0.05, 0) is 6.42 Å². The fourth-order valence-electron chi connectivity index (χ4n) is 1.83. The van der Waals surface area contributed by atoms with Gasteiger partial charge in [0.2, 0.25) is 5.88 Å². The molecule has 98 valence electrons. The summed E-state index contributed by atoms with van der Waals surface area (Å²) in [5, 5.41) is 9.93. The van der Waals surface area contributed by atoms with Gasteiger partial charge in [0, 0.05) is 12.3 Å². The number of nitrogens with zero attached hydrogens (tertiary/aromatic N) is 1. The molecule has 0 aliphatic carbocycles. The smallest absolute Gasteiger partial charge is 0.335 e. The van der Waals surface area contributed by atoms with E-state index in [9.17, 15) is 14.7 Å². The second kappa shape index (κ2) is 4.69. The molecule has 0 bridgehead atoms. The number of H-pyrrole nitrogens is 1. The summed E-state index contributed by atoms with van der Waals surface area (Å²) in [5.74, 6) is 0.286. The summed E-state index contributed by atoms with van der Waals surface area (Å²) in [6, 6.07) is 1.19. The van der Waals surface area contributed by atoms with Crippen LogP contribution in [-0.2, 0) is 9.47 Å². The average molecular weight is 254 g/mol. The minimum atomic E-state index is -0.922. The predicted octanol–water partition coefficient (Wildman–Crippen LogP) is -0.521. The van der Waals surface area contributed by atoms with Crippen LogP contribution >= 0.6 is 0 Å². The van der Waals surface area contributed by atoms with Gasteiger partial charge in [-0.15, -0.1) is 0 Å². The van der Waals surface area contributed by atoms with Gasteiger partial charge in [-0.3, -0.25) is 9.78 Å². The van der Waals surface area contributed by atoms with E-state index in [2.05, 4.69) is 4.98 Å². The molecule has 7 heteroatoms. The van der Waals surface area contributed by atoms with Crippen molar-refractivity contribution in [2.75, 3.05) is 7.11 Å². The van der Waals surface area contributed by atoms with Gasteiger partial charge in [0.1, 0.15) is 6.10 Å². The molecule has 1 aliphatic heterocycles. The molecule has 0 fully saturated rings. The normalized spacial score (nSPS) is 23.1. The number of hydrogen-bond acceptors (Lipinski definition) is 5. The summed E-state index contributed by atoms with van der Waals surface area (Å²) < 4.78 is 11.6. The van der Waals surface area contributed by atoms with Gasteiger partial charge < -0.3 is 14.6 Å². The lowest BCUT2D eigenvalue weighted by Crippen LogP contribution is -2.28. The lowest BCUT2D eigenvalue weighted by atomic mass is 10.1. The van der Waals surface area contributed by atoms with Crippen molar-refractivity contribution < 1.29 is 14.6 Å². The third-order valence-corrected chi connectivity index (χ3v) is 2.76. The highest BCUT2D eigenvalue weighted by Gasteiger charge is 2.36. The van der Waals surface area contributed by atoms with Crippen LogP contribution in [0.15, 0.2) is 27.6 Å². The quantitative estimate of drug-likeness (QED) is 0.757. The van der Waals surface area contributed by atoms with E-state index in [1.807, 2.05) is 6.92 Å². The Balaban J connectivity index is 2.52. The topological polar surface area (TPSA) is 93.6 Å². The summed E-state index contributed by atoms with van der Waals surface area (Å²) in [6.45, 7) is 1.85. The third kappa shape index (κ3) is 1.92. The standard InChI is InChI=1S/C11H14N2O5/c1-3-6-8(15)9(17-2)10(18-6)13-5-4-7(14)12-11(13)16/h4-6,8,15H,3H2,1-2H3,(H,12,14,16)/t6-,8?/m1/s1. The Hall–Kier alpha value is -2.02. The van der Waals surface area contributed by atoms with Crippen molar-refractivity contribution in [3.05, 3.63) is 38.9 Å². The highest BCUT2D eigenvalue weighted by molar-refractivity contribution is 5.46. The summed E-state index contributed by atoms with van der Waals surface area (Å²) in [7, 11) is 1.39. The molecule has 7 nitrogen and oxygen atoms in total. The molecular weight excluding hydrogens is 240 g/mol. The minimum Gasteiger partial charge on any atom is -0.493 e. The van der Waals surface area contributed by atoms with E-state index in [1.165, 1.54) is 19.4 Å². The Morgan fingerprint density at radius 2 is 2.28 bits per heavy atom. The van der Waals surface area contributed by atoms with E-state index in [0.29, 0.717) is 6.42 Å². The first-order valence-electron chi connectivity index (χ1n) is 5.53. The molecule has 2 atom stereocenters. The number of aromatic amines is 1. The summed E-state index contributed by atoms with van der Waals surface area (Å²) in [6.07, 6.45) is 0.457. The fraction of sp³-hybridized carbons (Fsp3) is 0.455. The number of methoxy groups -OCH3 is 1. The van der Waals surface area contributed by atoms with Crippen molar-refractivity contribution >= 4 is 5.88 Å². The zero-order valence-electron chi connectivity index (χ0n) is 10.0. The maximum absolute atomic E-state index is 11.6. The molecule has 2 heterocycles. The van der Waals surface area contributed by atoms with Crippen molar-refractivity contribution in [1.82, 2.24) is 9.55 Å². The monoisotopic (exact) mass is 254 g/mol. The van der Waals surface area contributed by atoms with Gasteiger partial charge in [0.25, 0.3) is 5.56 Å². The Bertz CT molecular complexity index is 586. The number of aromatic nitrogens is 2. The molecule has 1 aromatic heterocycles. The molecule has 1 aliphatic rings. The highest BCUT2D eigenvalue weighted by Crippen LogP contribution is 2.29. The van der Waals surface area contributed by atoms with E-state index in [-0.39, 0.29) is 11.6 Å². The third-order valence-electron chi connectivity index (χ3n) is 2.76. The second-order valence-electron chi connectivity index (χ2n) is 3.86. The van der Waals surface area contributed by atoms with Crippen LogP contribution in [0.3, 0.4) is 0 Å². The fourth-order valence-corrected chi connectivity index (χ4v) is 1.83. The van der Waals surface area contributed by atoms with Gasteiger partial charge in [-0.25, -0.2) is 9.36 Å². The minimum absolute atomic E-state index is 0.109. The number of aliphatic hydroxyl groups excluding tert-OH is 1. The number of hydrogen-bond donors (Lipinski definition) is 2. The Morgan fingerprint density at radius 1 is 1.56 bits per heavy atom. The summed E-state index contributed by atoms with van der Waals surface area (Å²) >= 11 is 0. The van der Waals surface area contributed by atoms with Crippen LogP contribution in [-0.4, -0.2) is 34.0 Å². The van der Waals surface area contributed by atoms with Gasteiger partial charge in [0.15, 0.2) is 11.9 Å². The van der Waals surface area contributed by atoms with Crippen LogP contribution in [0.4, 0.5) is 0 Å². The van der Waals surface area contributed by atoms with Crippen LogP contribution in [0.25, 0.3) is 5.88 Å². The van der Waals surface area contributed by atoms with Gasteiger partial charge in [-0.1, -0.05) is 6.92 Å². The van der Waals surface area contributed by atoms with Crippen LogP contribution in [0.5, 0.6) is 0 Å². The second-order valence-corrected chi connectivity index (χ2v) is 3.86. The predicted molar refractivity (Wildman–Crippen MR) is 62.7 cm³/mol. The van der Waals surface area contributed by atoms with Crippen molar-refractivity contribution in [1.29, 1.82) is 0 Å². The largest absolute Gasteiger partial charge is 0.493 e. The van der Waals surface area contributed by atoms with E-state index >= 15 is 0 Å². The molecule has 0 radical (unpaired) electrons. The van der Waals surface area contributed by atoms with E-state index in [4.69, 9.17) is 9.47 Å². The molecule has 0 amide bonds. The molecule has 1 aromatic rings. The average Bonchev–Trinajstić information content (AvgIpc) is 2.65. The maximum atomic E-state index is 11.6. The zero-order valence-corrected chi connectivity index (χ0v) is 10.0. The first-order chi connectivity index (χ1) is 8.58. The Labute approximate surface area is 102 Å². The van der Waals surface area contributed by atoms with Crippen LogP contribution in [0.2, 0.25) is 0 Å². The lowest BCUT2D eigenvalue weighted by molar-refractivity contribution is 0.0431. The van der Waals surface area contributed by atoms with Gasteiger partial charge in [-0.2, -0.15) is 0 Å². The van der Waals surface area contributed by atoms with Crippen molar-refractivity contribution in [3.63, 3.8) is 0 Å². The number of nitrogens with one attached hydrogen (secondary N) is 1. The molecule has 0 aromatic carbocycles. The Morgan fingerprint density at radius 3 is 2.83 bits per heavy atom. The van der Waals surface area contributed by atoms with E-state index in [1.54, 1.807) is 0 Å². The maximum Gasteiger partial charge on any atom is 0.335 e. The van der Waals surface area contributed by atoms with E-state index in [0.717, 1.165) is 4.57 Å². The molecule has 2 N–H and O–H groups in total. The Kier molecular flexibility index (Phi) is 3.24. The van der Waals surface area contributed by atoms with Gasteiger partial charge >= 0.3 is 5.69 Å². The molecular formula is C11H14N2O5. The SMILES string of the molecule is CC[C@H]1OC(n2ccc(=O)[nH]c2=O)=C(OC)C1O. The molecule has 0 saturated carbocycles. The van der Waals surface area contributed by atoms with Crippen LogP contribution < -0.4 is 11.2 Å². The molecule has 0 spiro atoms.